The lowest BCUT2D eigenvalue weighted by atomic mass is 9.95. The Kier molecular flexibility index (Phi) is 6.16. The van der Waals surface area contributed by atoms with E-state index in [1.165, 1.54) is 11.2 Å². The first-order chi connectivity index (χ1) is 15.9. The number of nitrogens with one attached hydrogen (secondary N) is 1. The summed E-state index contributed by atoms with van der Waals surface area (Å²) in [6.45, 7) is 3.28. The van der Waals surface area contributed by atoms with Crippen LogP contribution in [0.25, 0.3) is 0 Å². The van der Waals surface area contributed by atoms with Crippen LogP contribution in [0.3, 0.4) is 0 Å². The number of carbonyl (C=O) groups is 2. The van der Waals surface area contributed by atoms with Crippen LogP contribution in [0, 0.1) is 11.6 Å². The molecule has 170 valence electrons. The van der Waals surface area contributed by atoms with Crippen molar-refractivity contribution in [1.29, 1.82) is 0 Å². The maximum atomic E-state index is 14.0. The number of hydrogen-bond acceptors (Lipinski definition) is 6. The second-order valence-corrected chi connectivity index (χ2v) is 7.30. The van der Waals surface area contributed by atoms with Crippen molar-refractivity contribution in [1.82, 2.24) is 14.8 Å². The Morgan fingerprint density at radius 3 is 2.61 bits per heavy atom. The van der Waals surface area contributed by atoms with Gasteiger partial charge in [0.15, 0.2) is 0 Å². The van der Waals surface area contributed by atoms with Gasteiger partial charge < -0.3 is 15.0 Å². The molecule has 8 nitrogen and oxygen atoms in total. The summed E-state index contributed by atoms with van der Waals surface area (Å²) in [5.41, 5.74) is 1.40. The van der Waals surface area contributed by atoms with Gasteiger partial charge in [0.25, 0.3) is 0 Å². The van der Waals surface area contributed by atoms with Crippen LogP contribution < -0.4 is 10.2 Å². The van der Waals surface area contributed by atoms with Gasteiger partial charge in [-0.1, -0.05) is 30.3 Å². The van der Waals surface area contributed by atoms with Crippen molar-refractivity contribution in [3.05, 3.63) is 83.3 Å². The van der Waals surface area contributed by atoms with Crippen LogP contribution in [0.1, 0.15) is 25.5 Å². The molecule has 0 spiro atoms. The molecular formula is C23H21F2N5O3. The largest absolute Gasteiger partial charge is 0.463 e. The number of benzene rings is 2. The maximum Gasteiger partial charge on any atom is 0.338 e. The van der Waals surface area contributed by atoms with Crippen LogP contribution in [-0.4, -0.2) is 39.8 Å². The molecule has 0 saturated carbocycles. The zero-order valence-corrected chi connectivity index (χ0v) is 18.0. The first kappa shape index (κ1) is 22.1. The Labute approximate surface area is 188 Å². The molecule has 1 N–H and O–H groups in total. The standard InChI is InChI=1S/C23H21F2N5O3/c1-3-33-22(32)20-14(2)29(12-19(31)28-18-10-9-16(24)11-17(18)25)23-26-13-27-30(23)21(20)15-7-5-4-6-8-15/h4-11,13,21H,3,12H2,1-2H3,(H,28,31). The van der Waals surface area contributed by atoms with Crippen molar-refractivity contribution in [3.63, 3.8) is 0 Å². The lowest BCUT2D eigenvalue weighted by molar-refractivity contribution is -0.139. The SMILES string of the molecule is CCOC(=O)C1=C(C)N(CC(=O)Nc2ccc(F)cc2F)c2ncnn2C1c1ccccc1. The molecule has 2 aromatic carbocycles. The van der Waals surface area contributed by atoms with Crippen LogP contribution in [-0.2, 0) is 14.3 Å². The molecule has 1 unspecified atom stereocenters. The molecule has 1 aromatic heterocycles. The molecule has 1 atom stereocenters. The number of anilines is 2. The molecule has 10 heteroatoms. The number of allylic oxidation sites excluding steroid dienone is 1. The van der Waals surface area contributed by atoms with Crippen LogP contribution >= 0.6 is 0 Å². The average molecular weight is 453 g/mol. The third-order valence-corrected chi connectivity index (χ3v) is 5.23. The predicted octanol–water partition coefficient (Wildman–Crippen LogP) is 3.44. The summed E-state index contributed by atoms with van der Waals surface area (Å²) in [5.74, 6) is -2.44. The van der Waals surface area contributed by atoms with E-state index < -0.39 is 29.6 Å². The minimum Gasteiger partial charge on any atom is -0.463 e. The van der Waals surface area contributed by atoms with Gasteiger partial charge in [-0.05, 0) is 31.5 Å². The maximum absolute atomic E-state index is 14.0. The van der Waals surface area contributed by atoms with Gasteiger partial charge in [-0.15, -0.1) is 0 Å². The molecule has 33 heavy (non-hydrogen) atoms. The van der Waals surface area contributed by atoms with Crippen LogP contribution in [0.2, 0.25) is 0 Å². The number of nitrogens with zero attached hydrogens (tertiary/aromatic N) is 4. The number of halogens is 2. The topological polar surface area (TPSA) is 89.3 Å². The van der Waals surface area contributed by atoms with E-state index >= 15 is 0 Å². The highest BCUT2D eigenvalue weighted by Gasteiger charge is 2.38. The van der Waals surface area contributed by atoms with Gasteiger partial charge >= 0.3 is 5.97 Å². The van der Waals surface area contributed by atoms with Crippen molar-refractivity contribution >= 4 is 23.5 Å². The molecule has 1 amide bonds. The summed E-state index contributed by atoms with van der Waals surface area (Å²) in [6.07, 6.45) is 1.33. The molecule has 0 aliphatic carbocycles. The van der Waals surface area contributed by atoms with Gasteiger partial charge in [0.05, 0.1) is 17.9 Å². The van der Waals surface area contributed by atoms with E-state index in [0.29, 0.717) is 23.3 Å². The Balaban J connectivity index is 1.71. The first-order valence-corrected chi connectivity index (χ1v) is 10.3. The molecular weight excluding hydrogens is 432 g/mol. The number of carbonyl (C=O) groups excluding carboxylic acids is 2. The van der Waals surface area contributed by atoms with E-state index in [1.807, 2.05) is 30.3 Å². The van der Waals surface area contributed by atoms with Crippen molar-refractivity contribution in [3.8, 4) is 0 Å². The molecule has 0 saturated heterocycles. The second kappa shape index (κ2) is 9.19. The van der Waals surface area contributed by atoms with Gasteiger partial charge in [-0.2, -0.15) is 10.1 Å². The van der Waals surface area contributed by atoms with Crippen molar-refractivity contribution < 1.29 is 23.1 Å². The summed E-state index contributed by atoms with van der Waals surface area (Å²) in [5, 5.41) is 6.72. The highest BCUT2D eigenvalue weighted by molar-refractivity contribution is 5.96. The first-order valence-electron chi connectivity index (χ1n) is 10.3. The van der Waals surface area contributed by atoms with Crippen molar-refractivity contribution in [2.75, 3.05) is 23.4 Å². The van der Waals surface area contributed by atoms with Gasteiger partial charge in [-0.25, -0.2) is 18.3 Å². The summed E-state index contributed by atoms with van der Waals surface area (Å²) in [6, 6.07) is 11.6. The number of aromatic nitrogens is 3. The molecule has 0 bridgehead atoms. The Bertz CT molecular complexity index is 1230. The van der Waals surface area contributed by atoms with Crippen LogP contribution in [0.4, 0.5) is 20.4 Å². The summed E-state index contributed by atoms with van der Waals surface area (Å²) >= 11 is 0. The van der Waals surface area contributed by atoms with Gasteiger partial charge in [0, 0.05) is 11.8 Å². The highest BCUT2D eigenvalue weighted by Crippen LogP contribution is 2.38. The summed E-state index contributed by atoms with van der Waals surface area (Å²) in [4.78, 5) is 31.5. The molecule has 1 aliphatic heterocycles. The minimum absolute atomic E-state index is 0.158. The Hall–Kier alpha value is -4.08. The molecule has 4 rings (SSSR count). The van der Waals surface area contributed by atoms with E-state index in [2.05, 4.69) is 15.4 Å². The molecule has 0 fully saturated rings. The lowest BCUT2D eigenvalue weighted by Crippen LogP contribution is -2.41. The molecule has 2 heterocycles. The Morgan fingerprint density at radius 2 is 1.91 bits per heavy atom. The lowest BCUT2D eigenvalue weighted by Gasteiger charge is -2.35. The highest BCUT2D eigenvalue weighted by atomic mass is 19.1. The number of hydrogen-bond donors (Lipinski definition) is 1. The van der Waals surface area contributed by atoms with E-state index in [4.69, 9.17) is 4.74 Å². The summed E-state index contributed by atoms with van der Waals surface area (Å²) in [7, 11) is 0. The zero-order chi connectivity index (χ0) is 23.5. The van der Waals surface area contributed by atoms with E-state index in [-0.39, 0.29) is 18.8 Å². The number of fused-ring (bicyclic) bond motifs is 1. The van der Waals surface area contributed by atoms with Crippen LogP contribution in [0.5, 0.6) is 0 Å². The van der Waals surface area contributed by atoms with Gasteiger partial charge in [0.2, 0.25) is 11.9 Å². The predicted molar refractivity (Wildman–Crippen MR) is 116 cm³/mol. The zero-order valence-electron chi connectivity index (χ0n) is 18.0. The summed E-state index contributed by atoms with van der Waals surface area (Å²) < 4.78 is 34.0. The molecule has 3 aromatic rings. The number of amides is 1. The van der Waals surface area contributed by atoms with E-state index in [9.17, 15) is 18.4 Å². The van der Waals surface area contributed by atoms with E-state index in [1.54, 1.807) is 18.5 Å². The number of ether oxygens (including phenoxy) is 1. The fourth-order valence-electron chi connectivity index (χ4n) is 3.76. The third-order valence-electron chi connectivity index (χ3n) is 5.23. The average Bonchev–Trinajstić information content (AvgIpc) is 3.27. The second-order valence-electron chi connectivity index (χ2n) is 7.30. The quantitative estimate of drug-likeness (QED) is 0.575. The fraction of sp³-hybridized carbons (Fsp3) is 0.217. The van der Waals surface area contributed by atoms with Crippen LogP contribution in [0.15, 0.2) is 66.1 Å². The molecule has 1 aliphatic rings. The van der Waals surface area contributed by atoms with Gasteiger partial charge in [0.1, 0.15) is 30.5 Å². The fourth-order valence-corrected chi connectivity index (χ4v) is 3.76. The van der Waals surface area contributed by atoms with Gasteiger partial charge in [-0.3, -0.25) is 4.79 Å². The van der Waals surface area contributed by atoms with Crippen molar-refractivity contribution in [2.24, 2.45) is 0 Å². The number of esters is 1. The number of rotatable bonds is 6. The monoisotopic (exact) mass is 453 g/mol. The Morgan fingerprint density at radius 1 is 1.15 bits per heavy atom. The third kappa shape index (κ3) is 4.32. The molecule has 0 radical (unpaired) electrons. The normalized spacial score (nSPS) is 15.3. The van der Waals surface area contributed by atoms with E-state index in [0.717, 1.165) is 17.7 Å². The smallest absolute Gasteiger partial charge is 0.338 e. The van der Waals surface area contributed by atoms with Crippen molar-refractivity contribution in [2.45, 2.75) is 19.9 Å². The minimum atomic E-state index is -0.895.